The number of rotatable bonds is 4. The maximum absolute atomic E-state index is 12.0. The molecule has 0 saturated heterocycles. The summed E-state index contributed by atoms with van der Waals surface area (Å²) in [5.41, 5.74) is 2.20. The summed E-state index contributed by atoms with van der Waals surface area (Å²) in [6.45, 7) is 1.87. The predicted octanol–water partition coefficient (Wildman–Crippen LogP) is 3.23. The Kier molecular flexibility index (Phi) is 4.58. The Morgan fingerprint density at radius 1 is 1.40 bits per heavy atom. The van der Waals surface area contributed by atoms with Gasteiger partial charge >= 0.3 is 0 Å². The van der Waals surface area contributed by atoms with Crippen molar-refractivity contribution in [3.05, 3.63) is 52.8 Å². The van der Waals surface area contributed by atoms with Gasteiger partial charge in [-0.25, -0.2) is 0 Å². The number of hydrogen-bond donors (Lipinski definition) is 1. The molecule has 1 N–H and O–H groups in total. The molecule has 104 valence electrons. The second kappa shape index (κ2) is 6.39. The van der Waals surface area contributed by atoms with E-state index in [-0.39, 0.29) is 12.3 Å². The SMILES string of the molecule is COc1cc(Cl)c(C)cc1NC(=O)Cc1ccccn1. The minimum Gasteiger partial charge on any atom is -0.495 e. The zero-order valence-electron chi connectivity index (χ0n) is 11.3. The highest BCUT2D eigenvalue weighted by molar-refractivity contribution is 6.31. The fourth-order valence-corrected chi connectivity index (χ4v) is 1.95. The lowest BCUT2D eigenvalue weighted by Crippen LogP contribution is -2.15. The van der Waals surface area contributed by atoms with E-state index in [1.54, 1.807) is 18.3 Å². The van der Waals surface area contributed by atoms with Crippen molar-refractivity contribution in [2.75, 3.05) is 12.4 Å². The first kappa shape index (κ1) is 14.3. The van der Waals surface area contributed by atoms with Crippen LogP contribution in [0.5, 0.6) is 5.75 Å². The quantitative estimate of drug-likeness (QED) is 0.940. The molecule has 0 radical (unpaired) electrons. The van der Waals surface area contributed by atoms with Crippen molar-refractivity contribution in [2.24, 2.45) is 0 Å². The van der Waals surface area contributed by atoms with Crippen LogP contribution in [0.2, 0.25) is 5.02 Å². The minimum atomic E-state index is -0.149. The van der Waals surface area contributed by atoms with Gasteiger partial charge < -0.3 is 10.1 Å². The van der Waals surface area contributed by atoms with Gasteiger partial charge in [0.25, 0.3) is 0 Å². The number of carbonyl (C=O) groups excluding carboxylic acids is 1. The number of methoxy groups -OCH3 is 1. The molecule has 1 aromatic heterocycles. The molecule has 0 aliphatic rings. The number of benzene rings is 1. The normalized spacial score (nSPS) is 10.2. The summed E-state index contributed by atoms with van der Waals surface area (Å²) in [6.07, 6.45) is 1.88. The molecule has 20 heavy (non-hydrogen) atoms. The van der Waals surface area contributed by atoms with E-state index in [0.717, 1.165) is 11.3 Å². The van der Waals surface area contributed by atoms with E-state index in [0.29, 0.717) is 16.5 Å². The first-order valence-electron chi connectivity index (χ1n) is 6.14. The summed E-state index contributed by atoms with van der Waals surface area (Å²) in [5, 5.41) is 3.42. The number of amides is 1. The molecule has 2 aromatic rings. The van der Waals surface area contributed by atoms with E-state index >= 15 is 0 Å². The molecular formula is C15H15ClN2O2. The molecule has 1 amide bonds. The number of aromatic nitrogens is 1. The molecule has 0 spiro atoms. The molecule has 4 nitrogen and oxygen atoms in total. The van der Waals surface area contributed by atoms with Gasteiger partial charge in [-0.15, -0.1) is 0 Å². The summed E-state index contributed by atoms with van der Waals surface area (Å²) in [7, 11) is 1.54. The highest BCUT2D eigenvalue weighted by atomic mass is 35.5. The first-order chi connectivity index (χ1) is 9.60. The molecule has 0 aliphatic carbocycles. The van der Waals surface area contributed by atoms with Gasteiger partial charge in [-0.2, -0.15) is 0 Å². The van der Waals surface area contributed by atoms with Gasteiger partial charge in [-0.05, 0) is 30.7 Å². The van der Waals surface area contributed by atoms with E-state index in [1.165, 1.54) is 7.11 Å². The van der Waals surface area contributed by atoms with Crippen LogP contribution in [-0.4, -0.2) is 18.0 Å². The van der Waals surface area contributed by atoms with Gasteiger partial charge in [0.15, 0.2) is 0 Å². The lowest BCUT2D eigenvalue weighted by molar-refractivity contribution is -0.115. The Morgan fingerprint density at radius 2 is 2.20 bits per heavy atom. The summed E-state index contributed by atoms with van der Waals surface area (Å²) < 4.78 is 5.22. The highest BCUT2D eigenvalue weighted by Crippen LogP contribution is 2.30. The van der Waals surface area contributed by atoms with Gasteiger partial charge in [-0.3, -0.25) is 9.78 Å². The maximum Gasteiger partial charge on any atom is 0.230 e. The van der Waals surface area contributed by atoms with Gasteiger partial charge in [-0.1, -0.05) is 17.7 Å². The maximum atomic E-state index is 12.0. The van der Waals surface area contributed by atoms with Crippen molar-refractivity contribution in [2.45, 2.75) is 13.3 Å². The number of aryl methyl sites for hydroxylation is 1. The van der Waals surface area contributed by atoms with Crippen molar-refractivity contribution >= 4 is 23.2 Å². The average molecular weight is 291 g/mol. The third kappa shape index (κ3) is 3.48. The van der Waals surface area contributed by atoms with Crippen LogP contribution in [0, 0.1) is 6.92 Å². The summed E-state index contributed by atoms with van der Waals surface area (Å²) in [6, 6.07) is 8.95. The van der Waals surface area contributed by atoms with E-state index < -0.39 is 0 Å². The van der Waals surface area contributed by atoms with Crippen molar-refractivity contribution in [3.8, 4) is 5.75 Å². The topological polar surface area (TPSA) is 51.2 Å². The van der Waals surface area contributed by atoms with Crippen molar-refractivity contribution < 1.29 is 9.53 Å². The van der Waals surface area contributed by atoms with E-state index in [2.05, 4.69) is 10.3 Å². The highest BCUT2D eigenvalue weighted by Gasteiger charge is 2.11. The first-order valence-corrected chi connectivity index (χ1v) is 6.52. The predicted molar refractivity (Wildman–Crippen MR) is 79.3 cm³/mol. The van der Waals surface area contributed by atoms with Crippen molar-refractivity contribution in [1.82, 2.24) is 4.98 Å². The molecule has 2 rings (SSSR count). The van der Waals surface area contributed by atoms with E-state index in [1.807, 2.05) is 25.1 Å². The number of pyridine rings is 1. The Balaban J connectivity index is 2.13. The Labute approximate surface area is 122 Å². The summed E-state index contributed by atoms with van der Waals surface area (Å²) >= 11 is 6.03. The Morgan fingerprint density at radius 3 is 2.85 bits per heavy atom. The van der Waals surface area contributed by atoms with Gasteiger partial charge in [0.05, 0.1) is 19.2 Å². The number of carbonyl (C=O) groups is 1. The average Bonchev–Trinajstić information content (AvgIpc) is 2.43. The molecule has 0 atom stereocenters. The monoisotopic (exact) mass is 290 g/mol. The largest absolute Gasteiger partial charge is 0.495 e. The number of nitrogens with one attached hydrogen (secondary N) is 1. The summed E-state index contributed by atoms with van der Waals surface area (Å²) in [4.78, 5) is 16.1. The van der Waals surface area contributed by atoms with Crippen LogP contribution in [0.25, 0.3) is 0 Å². The van der Waals surface area contributed by atoms with Gasteiger partial charge in [0, 0.05) is 23.0 Å². The molecule has 1 aromatic carbocycles. The smallest absolute Gasteiger partial charge is 0.230 e. The number of anilines is 1. The van der Waals surface area contributed by atoms with Gasteiger partial charge in [0.1, 0.15) is 5.75 Å². The third-order valence-electron chi connectivity index (χ3n) is 2.82. The van der Waals surface area contributed by atoms with Crippen LogP contribution in [0.1, 0.15) is 11.3 Å². The van der Waals surface area contributed by atoms with Crippen LogP contribution in [0.3, 0.4) is 0 Å². The third-order valence-corrected chi connectivity index (χ3v) is 3.23. The van der Waals surface area contributed by atoms with Crippen LogP contribution in [0.15, 0.2) is 36.5 Å². The van der Waals surface area contributed by atoms with Crippen molar-refractivity contribution in [1.29, 1.82) is 0 Å². The zero-order chi connectivity index (χ0) is 14.5. The molecule has 1 heterocycles. The lowest BCUT2D eigenvalue weighted by Gasteiger charge is -2.12. The number of halogens is 1. The fourth-order valence-electron chi connectivity index (χ4n) is 1.79. The zero-order valence-corrected chi connectivity index (χ0v) is 12.1. The number of ether oxygens (including phenoxy) is 1. The number of nitrogens with zero attached hydrogens (tertiary/aromatic N) is 1. The minimum absolute atomic E-state index is 0.149. The molecule has 0 saturated carbocycles. The van der Waals surface area contributed by atoms with Crippen molar-refractivity contribution in [3.63, 3.8) is 0 Å². The summed E-state index contributed by atoms with van der Waals surface area (Å²) in [5.74, 6) is 0.388. The lowest BCUT2D eigenvalue weighted by atomic mass is 10.2. The van der Waals surface area contributed by atoms with E-state index in [9.17, 15) is 4.79 Å². The molecule has 0 aliphatic heterocycles. The second-order valence-corrected chi connectivity index (χ2v) is 4.75. The standard InChI is InChI=1S/C15H15ClN2O2/c1-10-7-13(14(20-2)9-12(10)16)18-15(19)8-11-5-3-4-6-17-11/h3-7,9H,8H2,1-2H3,(H,18,19). The van der Waals surface area contributed by atoms with Crippen LogP contribution >= 0.6 is 11.6 Å². The molecule has 0 fully saturated rings. The Bertz CT molecular complexity index is 615. The van der Waals surface area contributed by atoms with Gasteiger partial charge in [0.2, 0.25) is 5.91 Å². The van der Waals surface area contributed by atoms with Crippen LogP contribution in [-0.2, 0) is 11.2 Å². The van der Waals surface area contributed by atoms with E-state index in [4.69, 9.17) is 16.3 Å². The number of hydrogen-bond acceptors (Lipinski definition) is 3. The Hall–Kier alpha value is -2.07. The molecule has 0 bridgehead atoms. The molecule has 0 unspecified atom stereocenters. The fraction of sp³-hybridized carbons (Fsp3) is 0.200. The van der Waals surface area contributed by atoms with Crippen LogP contribution < -0.4 is 10.1 Å². The molecular weight excluding hydrogens is 276 g/mol. The second-order valence-electron chi connectivity index (χ2n) is 4.35. The van der Waals surface area contributed by atoms with Crippen LogP contribution in [0.4, 0.5) is 5.69 Å². The molecule has 5 heteroatoms.